The molecule has 3 rings (SSSR count). The van der Waals surface area contributed by atoms with Gasteiger partial charge in [-0.15, -0.1) is 11.3 Å². The van der Waals surface area contributed by atoms with Crippen LogP contribution in [-0.4, -0.2) is 12.5 Å². The summed E-state index contributed by atoms with van der Waals surface area (Å²) in [6, 6.07) is 7.65. The number of carbonyl (C=O) groups excluding carboxylic acids is 1. The van der Waals surface area contributed by atoms with Gasteiger partial charge in [0.15, 0.2) is 0 Å². The Kier molecular flexibility index (Phi) is 3.33. The Morgan fingerprint density at radius 3 is 2.95 bits per heavy atom. The van der Waals surface area contributed by atoms with Gasteiger partial charge >= 0.3 is 0 Å². The number of benzene rings is 1. The van der Waals surface area contributed by atoms with Crippen LogP contribution >= 0.6 is 27.3 Å². The molecular weight excluding hydrogens is 324 g/mol. The van der Waals surface area contributed by atoms with Crippen molar-refractivity contribution >= 4 is 44.5 Å². The number of nitrogens with zero attached hydrogens (tertiary/aromatic N) is 1. The van der Waals surface area contributed by atoms with Crippen molar-refractivity contribution in [2.45, 2.75) is 12.8 Å². The molecule has 19 heavy (non-hydrogen) atoms. The summed E-state index contributed by atoms with van der Waals surface area (Å²) in [5, 5.41) is 1.89. The highest BCUT2D eigenvalue weighted by molar-refractivity contribution is 9.11. The fourth-order valence-corrected chi connectivity index (χ4v) is 3.54. The molecule has 0 bridgehead atoms. The third kappa shape index (κ3) is 2.40. The van der Waals surface area contributed by atoms with Crippen LogP contribution in [0.4, 0.5) is 11.4 Å². The molecule has 2 heterocycles. The first kappa shape index (κ1) is 12.7. The first-order valence-corrected chi connectivity index (χ1v) is 7.77. The molecule has 0 atom stereocenters. The third-order valence-corrected chi connectivity index (χ3v) is 4.79. The zero-order valence-corrected chi connectivity index (χ0v) is 12.6. The summed E-state index contributed by atoms with van der Waals surface area (Å²) in [7, 11) is 0. The Labute approximate surface area is 124 Å². The maximum Gasteiger partial charge on any atom is 0.259 e. The van der Waals surface area contributed by atoms with E-state index in [2.05, 4.69) is 15.9 Å². The van der Waals surface area contributed by atoms with Gasteiger partial charge in [0.2, 0.25) is 0 Å². The van der Waals surface area contributed by atoms with Gasteiger partial charge in [-0.05, 0) is 58.6 Å². The van der Waals surface area contributed by atoms with Gasteiger partial charge in [0.1, 0.15) is 0 Å². The molecule has 2 aromatic rings. The van der Waals surface area contributed by atoms with E-state index in [9.17, 15) is 4.79 Å². The van der Waals surface area contributed by atoms with E-state index in [4.69, 9.17) is 5.73 Å². The highest BCUT2D eigenvalue weighted by atomic mass is 79.9. The summed E-state index contributed by atoms with van der Waals surface area (Å²) >= 11 is 4.93. The number of hydrogen-bond acceptors (Lipinski definition) is 3. The largest absolute Gasteiger partial charge is 0.399 e. The van der Waals surface area contributed by atoms with Gasteiger partial charge in [0.25, 0.3) is 5.91 Å². The third-order valence-electron chi connectivity index (χ3n) is 3.28. The molecular formula is C14H13BrN2OS. The van der Waals surface area contributed by atoms with Gasteiger partial charge in [-0.25, -0.2) is 0 Å². The van der Waals surface area contributed by atoms with E-state index in [1.807, 2.05) is 34.5 Å². The van der Waals surface area contributed by atoms with E-state index < -0.39 is 0 Å². The maximum absolute atomic E-state index is 12.5. The number of amides is 1. The van der Waals surface area contributed by atoms with Crippen LogP contribution in [0.1, 0.15) is 22.3 Å². The zero-order chi connectivity index (χ0) is 13.4. The predicted molar refractivity (Wildman–Crippen MR) is 82.9 cm³/mol. The molecule has 3 nitrogen and oxygen atoms in total. The molecule has 1 aromatic carbocycles. The van der Waals surface area contributed by atoms with Crippen LogP contribution in [0.25, 0.3) is 0 Å². The van der Waals surface area contributed by atoms with Crippen molar-refractivity contribution < 1.29 is 4.79 Å². The van der Waals surface area contributed by atoms with Crippen LogP contribution in [0.5, 0.6) is 0 Å². The van der Waals surface area contributed by atoms with E-state index in [-0.39, 0.29) is 5.91 Å². The lowest BCUT2D eigenvalue weighted by atomic mass is 10.0. The first-order valence-electron chi connectivity index (χ1n) is 6.09. The monoisotopic (exact) mass is 336 g/mol. The van der Waals surface area contributed by atoms with Crippen molar-refractivity contribution in [3.8, 4) is 0 Å². The van der Waals surface area contributed by atoms with Crippen molar-refractivity contribution in [3.05, 3.63) is 44.6 Å². The lowest BCUT2D eigenvalue weighted by Gasteiger charge is -2.29. The molecule has 1 aliphatic heterocycles. The van der Waals surface area contributed by atoms with Gasteiger partial charge in [-0.1, -0.05) is 0 Å². The average Bonchev–Trinajstić information content (AvgIpc) is 2.83. The molecule has 0 fully saturated rings. The normalized spacial score (nSPS) is 14.3. The number of carbonyl (C=O) groups is 1. The van der Waals surface area contributed by atoms with Crippen LogP contribution in [0.2, 0.25) is 0 Å². The molecule has 0 unspecified atom stereocenters. The SMILES string of the molecule is Nc1ccc2c(c1)CCCN2C(=O)c1csc(Br)c1. The van der Waals surface area contributed by atoms with E-state index in [1.54, 1.807) is 0 Å². The van der Waals surface area contributed by atoms with Gasteiger partial charge in [0.05, 0.1) is 9.35 Å². The highest BCUT2D eigenvalue weighted by Gasteiger charge is 2.24. The number of hydrogen-bond donors (Lipinski definition) is 1. The summed E-state index contributed by atoms with van der Waals surface area (Å²) in [6.07, 6.45) is 1.96. The van der Waals surface area contributed by atoms with Gasteiger partial charge < -0.3 is 10.6 Å². The van der Waals surface area contributed by atoms with E-state index in [1.165, 1.54) is 11.3 Å². The number of halogens is 1. The first-order chi connectivity index (χ1) is 9.15. The molecule has 0 spiro atoms. The molecule has 2 N–H and O–H groups in total. The maximum atomic E-state index is 12.5. The lowest BCUT2D eigenvalue weighted by Crippen LogP contribution is -2.35. The number of rotatable bonds is 1. The molecule has 1 amide bonds. The van der Waals surface area contributed by atoms with E-state index in [0.29, 0.717) is 0 Å². The number of thiophene rings is 1. The molecule has 0 aliphatic carbocycles. The minimum absolute atomic E-state index is 0.0627. The highest BCUT2D eigenvalue weighted by Crippen LogP contribution is 2.31. The summed E-state index contributed by atoms with van der Waals surface area (Å²) in [5.41, 5.74) is 9.46. The smallest absolute Gasteiger partial charge is 0.259 e. The lowest BCUT2D eigenvalue weighted by molar-refractivity contribution is 0.0985. The Bertz CT molecular complexity index is 638. The molecule has 0 saturated carbocycles. The summed E-state index contributed by atoms with van der Waals surface area (Å²) in [5.74, 6) is 0.0627. The Morgan fingerprint density at radius 1 is 1.37 bits per heavy atom. The van der Waals surface area contributed by atoms with Gasteiger partial charge in [0, 0.05) is 23.3 Å². The van der Waals surface area contributed by atoms with Crippen molar-refractivity contribution in [1.82, 2.24) is 0 Å². The van der Waals surface area contributed by atoms with Gasteiger partial charge in [-0.3, -0.25) is 4.79 Å². The van der Waals surface area contributed by atoms with Crippen molar-refractivity contribution in [3.63, 3.8) is 0 Å². The molecule has 0 saturated heterocycles. The molecule has 98 valence electrons. The van der Waals surface area contributed by atoms with Crippen LogP contribution in [0.3, 0.4) is 0 Å². The number of nitrogens with two attached hydrogens (primary N) is 1. The second-order valence-electron chi connectivity index (χ2n) is 4.59. The minimum atomic E-state index is 0.0627. The molecule has 1 aliphatic rings. The predicted octanol–water partition coefficient (Wildman–Crippen LogP) is 3.69. The van der Waals surface area contributed by atoms with Crippen molar-refractivity contribution in [2.24, 2.45) is 0 Å². The zero-order valence-electron chi connectivity index (χ0n) is 10.2. The van der Waals surface area contributed by atoms with Crippen LogP contribution in [0, 0.1) is 0 Å². The minimum Gasteiger partial charge on any atom is -0.399 e. The Hall–Kier alpha value is -1.33. The fourth-order valence-electron chi connectivity index (χ4n) is 2.41. The summed E-state index contributed by atoms with van der Waals surface area (Å²) in [6.45, 7) is 0.767. The number of nitrogen functional groups attached to an aromatic ring is 1. The van der Waals surface area contributed by atoms with Crippen molar-refractivity contribution in [1.29, 1.82) is 0 Å². The second kappa shape index (κ2) is 4.98. The van der Waals surface area contributed by atoms with E-state index >= 15 is 0 Å². The van der Waals surface area contributed by atoms with Crippen LogP contribution in [0.15, 0.2) is 33.4 Å². The second-order valence-corrected chi connectivity index (χ2v) is 6.88. The summed E-state index contributed by atoms with van der Waals surface area (Å²) in [4.78, 5) is 14.4. The standard InChI is InChI=1S/C14H13BrN2OS/c15-13-7-10(8-19-13)14(18)17-5-1-2-9-6-11(16)3-4-12(9)17/h3-4,6-8H,1-2,5,16H2. The molecule has 5 heteroatoms. The number of fused-ring (bicyclic) bond motifs is 1. The van der Waals surface area contributed by atoms with Crippen LogP contribution in [-0.2, 0) is 6.42 Å². The van der Waals surface area contributed by atoms with Gasteiger partial charge in [-0.2, -0.15) is 0 Å². The van der Waals surface area contributed by atoms with Crippen LogP contribution < -0.4 is 10.6 Å². The topological polar surface area (TPSA) is 46.3 Å². The molecule has 1 aromatic heterocycles. The number of aryl methyl sites for hydroxylation is 1. The molecule has 0 radical (unpaired) electrons. The van der Waals surface area contributed by atoms with E-state index in [0.717, 1.165) is 45.7 Å². The average molecular weight is 337 g/mol. The Morgan fingerprint density at radius 2 is 2.21 bits per heavy atom. The van der Waals surface area contributed by atoms with Crippen molar-refractivity contribution in [2.75, 3.05) is 17.2 Å². The summed E-state index contributed by atoms with van der Waals surface area (Å²) < 4.78 is 0.977. The fraction of sp³-hybridized carbons (Fsp3) is 0.214. The Balaban J connectivity index is 1.97. The quantitative estimate of drug-likeness (QED) is 0.807. The number of anilines is 2.